The van der Waals surface area contributed by atoms with E-state index in [1.54, 1.807) is 13.0 Å². The highest BCUT2D eigenvalue weighted by Crippen LogP contribution is 2.34. The largest absolute Gasteiger partial charge is 0.511 e. The van der Waals surface area contributed by atoms with Gasteiger partial charge in [0.1, 0.15) is 11.7 Å². The van der Waals surface area contributed by atoms with Crippen LogP contribution >= 0.6 is 15.9 Å². The number of aliphatic hydroxyl groups excluding tert-OH is 1. The molecule has 0 unspecified atom stereocenters. The predicted molar refractivity (Wildman–Crippen MR) is 68.0 cm³/mol. The second kappa shape index (κ2) is 4.87. The van der Waals surface area contributed by atoms with Crippen molar-refractivity contribution in [1.29, 1.82) is 0 Å². The summed E-state index contributed by atoms with van der Waals surface area (Å²) in [5.74, 6) is -1.21. The zero-order valence-electron chi connectivity index (χ0n) is 9.31. The van der Waals surface area contributed by atoms with Gasteiger partial charge in [-0.2, -0.15) is 0 Å². The highest BCUT2D eigenvalue weighted by Gasteiger charge is 2.30. The van der Waals surface area contributed by atoms with E-state index in [1.807, 2.05) is 6.08 Å². The van der Waals surface area contributed by atoms with Crippen molar-refractivity contribution in [2.24, 2.45) is 10.9 Å². The second-order valence-corrected chi connectivity index (χ2v) is 4.73. The number of fused-ring (bicyclic) bond motifs is 1. The molecule has 0 bridgehead atoms. The van der Waals surface area contributed by atoms with E-state index in [0.29, 0.717) is 17.7 Å². The van der Waals surface area contributed by atoms with Crippen LogP contribution in [0.15, 0.2) is 38.7 Å². The fraction of sp³-hybridized carbons (Fsp3) is 0.333. The molecule has 0 spiro atoms. The number of ether oxygens (including phenoxy) is 1. The molecule has 0 radical (unpaired) electrons. The van der Waals surface area contributed by atoms with Gasteiger partial charge in [0.05, 0.1) is 12.3 Å². The third-order valence-corrected chi connectivity index (χ3v) is 3.13. The van der Waals surface area contributed by atoms with Crippen LogP contribution in [0.1, 0.15) is 13.3 Å². The first-order valence-electron chi connectivity index (χ1n) is 5.33. The summed E-state index contributed by atoms with van der Waals surface area (Å²) in [6.07, 6.45) is 5.66. The number of esters is 1. The number of hydrogen-bond acceptors (Lipinski definition) is 4. The number of dihydropyridines is 1. The van der Waals surface area contributed by atoms with Gasteiger partial charge in [0.25, 0.3) is 0 Å². The number of halogens is 1. The molecular weight excluding hydrogens is 286 g/mol. The summed E-state index contributed by atoms with van der Waals surface area (Å²) in [7, 11) is 0. The van der Waals surface area contributed by atoms with Crippen LogP contribution in [-0.4, -0.2) is 23.9 Å². The summed E-state index contributed by atoms with van der Waals surface area (Å²) in [6, 6.07) is 0. The Labute approximate surface area is 108 Å². The topological polar surface area (TPSA) is 58.9 Å². The number of carbonyl (C=O) groups excluding carboxylic acids is 1. The van der Waals surface area contributed by atoms with E-state index >= 15 is 0 Å². The summed E-state index contributed by atoms with van der Waals surface area (Å²) in [4.78, 5) is 15.8. The van der Waals surface area contributed by atoms with Crippen molar-refractivity contribution in [3.05, 3.63) is 33.7 Å². The number of hydrogen-bond donors (Lipinski definition) is 1. The molecular formula is C12H12BrNO3. The fourth-order valence-electron chi connectivity index (χ4n) is 1.75. The molecule has 0 saturated heterocycles. The average molecular weight is 298 g/mol. The van der Waals surface area contributed by atoms with Crippen LogP contribution in [-0.2, 0) is 9.53 Å². The third-order valence-electron chi connectivity index (χ3n) is 2.58. The molecule has 2 aliphatic rings. The highest BCUT2D eigenvalue weighted by atomic mass is 79.9. The van der Waals surface area contributed by atoms with Crippen molar-refractivity contribution in [3.63, 3.8) is 0 Å². The quantitative estimate of drug-likeness (QED) is 0.797. The molecule has 1 aliphatic heterocycles. The van der Waals surface area contributed by atoms with Crippen LogP contribution in [0.4, 0.5) is 0 Å². The van der Waals surface area contributed by atoms with Gasteiger partial charge >= 0.3 is 5.97 Å². The molecule has 1 atom stereocenters. The maximum absolute atomic E-state index is 11.6. The molecule has 4 nitrogen and oxygen atoms in total. The van der Waals surface area contributed by atoms with E-state index in [2.05, 4.69) is 20.9 Å². The molecule has 2 rings (SSSR count). The first-order valence-corrected chi connectivity index (χ1v) is 6.12. The van der Waals surface area contributed by atoms with Crippen LogP contribution in [0.3, 0.4) is 0 Å². The molecule has 1 aliphatic carbocycles. The molecule has 5 heteroatoms. The van der Waals surface area contributed by atoms with Gasteiger partial charge in [-0.1, -0.05) is 15.9 Å². The Morgan fingerprint density at radius 1 is 1.65 bits per heavy atom. The Hall–Kier alpha value is -1.36. The molecule has 90 valence electrons. The maximum atomic E-state index is 11.6. The lowest BCUT2D eigenvalue weighted by atomic mass is 9.94. The summed E-state index contributed by atoms with van der Waals surface area (Å²) >= 11 is 3.37. The van der Waals surface area contributed by atoms with Crippen molar-refractivity contribution in [2.75, 3.05) is 6.61 Å². The molecule has 0 aromatic heterocycles. The predicted octanol–water partition coefficient (Wildman–Crippen LogP) is 2.63. The van der Waals surface area contributed by atoms with Crippen molar-refractivity contribution < 1.29 is 14.6 Å². The van der Waals surface area contributed by atoms with Gasteiger partial charge in [-0.15, -0.1) is 0 Å². The van der Waals surface area contributed by atoms with Crippen LogP contribution in [0, 0.1) is 5.92 Å². The Morgan fingerprint density at radius 3 is 3.12 bits per heavy atom. The molecule has 0 saturated carbocycles. The van der Waals surface area contributed by atoms with E-state index in [4.69, 9.17) is 4.74 Å². The first-order chi connectivity index (χ1) is 8.13. The molecule has 1 N–H and O–H groups in total. The molecule has 17 heavy (non-hydrogen) atoms. The van der Waals surface area contributed by atoms with Gasteiger partial charge in [-0.3, -0.25) is 9.79 Å². The van der Waals surface area contributed by atoms with Gasteiger partial charge in [-0.25, -0.2) is 0 Å². The fourth-order valence-corrected chi connectivity index (χ4v) is 2.16. The zero-order chi connectivity index (χ0) is 12.4. The Morgan fingerprint density at radius 2 is 2.41 bits per heavy atom. The number of allylic oxidation sites excluding steroid dienone is 4. The summed E-state index contributed by atoms with van der Waals surface area (Å²) in [5.41, 5.74) is 1.38. The van der Waals surface area contributed by atoms with Crippen LogP contribution < -0.4 is 0 Å². The number of aliphatic hydroxyl groups is 1. The minimum atomic E-state index is -0.777. The van der Waals surface area contributed by atoms with Crippen molar-refractivity contribution in [2.45, 2.75) is 13.3 Å². The van der Waals surface area contributed by atoms with Gasteiger partial charge in [0.2, 0.25) is 0 Å². The third kappa shape index (κ3) is 2.34. The lowest BCUT2D eigenvalue weighted by molar-refractivity contribution is -0.145. The lowest BCUT2D eigenvalue weighted by Gasteiger charge is -2.22. The molecule has 0 aromatic rings. The Balaban J connectivity index is 2.30. The van der Waals surface area contributed by atoms with Crippen molar-refractivity contribution in [3.8, 4) is 0 Å². The van der Waals surface area contributed by atoms with Crippen LogP contribution in [0.2, 0.25) is 0 Å². The standard InChI is InChI=1S/C12H12BrNO3/c1-2-17-12(16)9-6-14-10-4-3-7(13)5-8(10)11(9)15/h3-4,6,9,15H,2,5H2,1H3/t9-/m0/s1. The Kier molecular flexibility index (Phi) is 3.47. The summed E-state index contributed by atoms with van der Waals surface area (Å²) in [6.45, 7) is 2.02. The van der Waals surface area contributed by atoms with E-state index in [0.717, 1.165) is 4.48 Å². The lowest BCUT2D eigenvalue weighted by Crippen LogP contribution is -2.25. The van der Waals surface area contributed by atoms with Crippen molar-refractivity contribution in [1.82, 2.24) is 0 Å². The average Bonchev–Trinajstić information content (AvgIpc) is 2.30. The molecule has 0 amide bonds. The Bertz CT molecular complexity index is 474. The highest BCUT2D eigenvalue weighted by molar-refractivity contribution is 9.11. The number of nitrogens with zero attached hydrogens (tertiary/aromatic N) is 1. The zero-order valence-corrected chi connectivity index (χ0v) is 10.9. The van der Waals surface area contributed by atoms with Crippen molar-refractivity contribution >= 4 is 28.1 Å². The SMILES string of the molecule is CCOC(=O)[C@H]1C=NC2=CC=C(Br)CC2=C1O. The molecule has 0 fully saturated rings. The van der Waals surface area contributed by atoms with Crippen LogP contribution in [0.25, 0.3) is 0 Å². The van der Waals surface area contributed by atoms with E-state index in [9.17, 15) is 9.90 Å². The number of aliphatic imine (C=N–C) groups is 1. The smallest absolute Gasteiger partial charge is 0.322 e. The summed E-state index contributed by atoms with van der Waals surface area (Å²) < 4.78 is 5.83. The van der Waals surface area contributed by atoms with E-state index < -0.39 is 11.9 Å². The van der Waals surface area contributed by atoms with Crippen LogP contribution in [0.5, 0.6) is 0 Å². The number of rotatable bonds is 2. The summed E-state index contributed by atoms with van der Waals surface area (Å²) in [5, 5.41) is 10.1. The minimum Gasteiger partial charge on any atom is -0.511 e. The molecule has 0 aromatic carbocycles. The van der Waals surface area contributed by atoms with Gasteiger partial charge in [0, 0.05) is 18.2 Å². The van der Waals surface area contributed by atoms with Gasteiger partial charge in [0.15, 0.2) is 0 Å². The van der Waals surface area contributed by atoms with Gasteiger partial charge in [-0.05, 0) is 23.6 Å². The second-order valence-electron chi connectivity index (χ2n) is 3.71. The number of carbonyl (C=O) groups is 1. The monoisotopic (exact) mass is 297 g/mol. The first kappa shape index (κ1) is 12.1. The van der Waals surface area contributed by atoms with E-state index in [-0.39, 0.29) is 12.4 Å². The van der Waals surface area contributed by atoms with E-state index in [1.165, 1.54) is 6.21 Å². The molecule has 1 heterocycles. The minimum absolute atomic E-state index is 0.0368. The normalized spacial score (nSPS) is 22.8. The maximum Gasteiger partial charge on any atom is 0.322 e. The van der Waals surface area contributed by atoms with Gasteiger partial charge < -0.3 is 9.84 Å².